The van der Waals surface area contributed by atoms with Gasteiger partial charge in [-0.25, -0.2) is 0 Å². The van der Waals surface area contributed by atoms with E-state index in [1.54, 1.807) is 6.92 Å². The zero-order valence-corrected chi connectivity index (χ0v) is 11.9. The van der Waals surface area contributed by atoms with E-state index in [-0.39, 0.29) is 0 Å². The minimum absolute atomic E-state index is 0.317. The molecule has 0 saturated heterocycles. The second kappa shape index (κ2) is 6.38. The van der Waals surface area contributed by atoms with Crippen LogP contribution in [0.1, 0.15) is 48.8 Å². The van der Waals surface area contributed by atoms with E-state index in [9.17, 15) is 4.79 Å². The summed E-state index contributed by atoms with van der Waals surface area (Å²) >= 11 is 0. The molecule has 2 nitrogen and oxygen atoms in total. The van der Waals surface area contributed by atoms with Gasteiger partial charge in [0.15, 0.2) is 0 Å². The van der Waals surface area contributed by atoms with Crippen LogP contribution in [-0.2, 0) is 4.79 Å². The number of hydrogen-bond acceptors (Lipinski definition) is 1. The Kier molecular flexibility index (Phi) is 4.57. The summed E-state index contributed by atoms with van der Waals surface area (Å²) in [6, 6.07) is 18.3. The molecule has 0 heterocycles. The monoisotopic (exact) mass is 268 g/mol. The molecule has 0 spiro atoms. The molecule has 20 heavy (non-hydrogen) atoms. The van der Waals surface area contributed by atoms with E-state index in [0.717, 1.165) is 12.0 Å². The lowest BCUT2D eigenvalue weighted by molar-refractivity contribution is -0.138. The minimum Gasteiger partial charge on any atom is -0.481 e. The highest BCUT2D eigenvalue weighted by Gasteiger charge is 2.17. The fourth-order valence-electron chi connectivity index (χ4n) is 2.54. The van der Waals surface area contributed by atoms with E-state index >= 15 is 0 Å². The third-order valence-electron chi connectivity index (χ3n) is 3.79. The van der Waals surface area contributed by atoms with Gasteiger partial charge in [0.1, 0.15) is 0 Å². The number of aliphatic carboxylic acids is 1. The molecule has 0 aliphatic rings. The molecule has 2 aromatic carbocycles. The van der Waals surface area contributed by atoms with Crippen molar-refractivity contribution in [1.29, 1.82) is 0 Å². The van der Waals surface area contributed by atoms with Crippen molar-refractivity contribution in [3.8, 4) is 0 Å². The van der Waals surface area contributed by atoms with Crippen LogP contribution < -0.4 is 0 Å². The molecular weight excluding hydrogens is 248 g/mol. The Morgan fingerprint density at radius 1 is 1.00 bits per heavy atom. The molecule has 0 saturated carbocycles. The van der Waals surface area contributed by atoms with Crippen LogP contribution >= 0.6 is 0 Å². The average Bonchev–Trinajstić information content (AvgIpc) is 2.48. The number of hydrogen-bond donors (Lipinski definition) is 1. The molecule has 2 aromatic rings. The maximum Gasteiger partial charge on any atom is 0.310 e. The molecule has 0 aliphatic carbocycles. The molecule has 2 atom stereocenters. The minimum atomic E-state index is -0.782. The van der Waals surface area contributed by atoms with Gasteiger partial charge in [-0.3, -0.25) is 4.79 Å². The fourth-order valence-corrected chi connectivity index (χ4v) is 2.54. The SMILES string of the molecule is CC[C@@H](c1ccccc1)c1cccc([C@@H](C)C(=O)O)c1. The Balaban J connectivity index is 2.36. The van der Waals surface area contributed by atoms with Crippen LogP contribution in [0.4, 0.5) is 0 Å². The van der Waals surface area contributed by atoms with Crippen molar-refractivity contribution in [3.05, 3.63) is 71.3 Å². The van der Waals surface area contributed by atoms with Gasteiger partial charge in [-0.15, -0.1) is 0 Å². The molecular formula is C18H20O2. The van der Waals surface area contributed by atoms with E-state index < -0.39 is 11.9 Å². The zero-order chi connectivity index (χ0) is 14.5. The summed E-state index contributed by atoms with van der Waals surface area (Å²) in [6.07, 6.45) is 0.995. The van der Waals surface area contributed by atoms with Crippen LogP contribution in [0.3, 0.4) is 0 Å². The Labute approximate surface area is 120 Å². The van der Waals surface area contributed by atoms with Gasteiger partial charge >= 0.3 is 5.97 Å². The predicted molar refractivity (Wildman–Crippen MR) is 81.1 cm³/mol. The Hall–Kier alpha value is -2.09. The molecule has 2 rings (SSSR count). The second-order valence-corrected chi connectivity index (χ2v) is 5.10. The number of carboxylic acid groups (broad SMARTS) is 1. The first kappa shape index (κ1) is 14.3. The molecule has 0 aromatic heterocycles. The molecule has 0 unspecified atom stereocenters. The number of carboxylic acids is 1. The molecule has 0 bridgehead atoms. The maximum absolute atomic E-state index is 11.1. The molecule has 1 N–H and O–H groups in total. The van der Waals surface area contributed by atoms with Gasteiger partial charge in [-0.05, 0) is 30.0 Å². The van der Waals surface area contributed by atoms with Crippen LogP contribution in [0, 0.1) is 0 Å². The van der Waals surface area contributed by atoms with E-state index in [1.807, 2.05) is 36.4 Å². The van der Waals surface area contributed by atoms with Crippen molar-refractivity contribution in [1.82, 2.24) is 0 Å². The third-order valence-corrected chi connectivity index (χ3v) is 3.79. The van der Waals surface area contributed by atoms with Gasteiger partial charge in [-0.2, -0.15) is 0 Å². The highest BCUT2D eigenvalue weighted by molar-refractivity contribution is 5.75. The molecule has 2 heteroatoms. The van der Waals surface area contributed by atoms with Crippen LogP contribution in [0.25, 0.3) is 0 Å². The van der Waals surface area contributed by atoms with Crippen molar-refractivity contribution < 1.29 is 9.90 Å². The normalized spacial score (nSPS) is 13.7. The smallest absolute Gasteiger partial charge is 0.310 e. The molecule has 0 aliphatic heterocycles. The van der Waals surface area contributed by atoms with Crippen LogP contribution in [0.2, 0.25) is 0 Å². The number of carbonyl (C=O) groups is 1. The topological polar surface area (TPSA) is 37.3 Å². The van der Waals surface area contributed by atoms with Gasteiger partial charge in [0.2, 0.25) is 0 Å². The quantitative estimate of drug-likeness (QED) is 0.871. The van der Waals surface area contributed by atoms with Crippen molar-refractivity contribution in [2.75, 3.05) is 0 Å². The number of benzene rings is 2. The average molecular weight is 268 g/mol. The first-order valence-electron chi connectivity index (χ1n) is 7.01. The van der Waals surface area contributed by atoms with Gasteiger partial charge in [-0.1, -0.05) is 61.5 Å². The predicted octanol–water partition coefficient (Wildman–Crippen LogP) is 4.42. The lowest BCUT2D eigenvalue weighted by atomic mass is 9.87. The van der Waals surface area contributed by atoms with Crippen molar-refractivity contribution in [3.63, 3.8) is 0 Å². The molecule has 104 valence electrons. The molecule has 0 amide bonds. The fraction of sp³-hybridized carbons (Fsp3) is 0.278. The van der Waals surface area contributed by atoms with Gasteiger partial charge in [0.25, 0.3) is 0 Å². The van der Waals surface area contributed by atoms with Crippen LogP contribution in [0.15, 0.2) is 54.6 Å². The first-order chi connectivity index (χ1) is 9.63. The van der Waals surface area contributed by atoms with Gasteiger partial charge in [0, 0.05) is 5.92 Å². The van der Waals surface area contributed by atoms with Crippen molar-refractivity contribution >= 4 is 5.97 Å². The van der Waals surface area contributed by atoms with Gasteiger partial charge < -0.3 is 5.11 Å². The first-order valence-corrected chi connectivity index (χ1v) is 7.01. The van der Waals surface area contributed by atoms with Crippen LogP contribution in [-0.4, -0.2) is 11.1 Å². The Bertz CT molecular complexity index is 575. The number of rotatable bonds is 5. The van der Waals surface area contributed by atoms with E-state index in [4.69, 9.17) is 5.11 Å². The summed E-state index contributed by atoms with van der Waals surface area (Å²) in [7, 11) is 0. The van der Waals surface area contributed by atoms with E-state index in [1.165, 1.54) is 11.1 Å². The third kappa shape index (κ3) is 3.08. The van der Waals surface area contributed by atoms with Gasteiger partial charge in [0.05, 0.1) is 5.92 Å². The van der Waals surface area contributed by atoms with E-state index in [0.29, 0.717) is 5.92 Å². The summed E-state index contributed by atoms with van der Waals surface area (Å²) in [6.45, 7) is 3.88. The summed E-state index contributed by atoms with van der Waals surface area (Å²) in [5, 5.41) is 9.14. The second-order valence-electron chi connectivity index (χ2n) is 5.10. The summed E-state index contributed by atoms with van der Waals surface area (Å²) in [5.74, 6) is -0.935. The maximum atomic E-state index is 11.1. The zero-order valence-electron chi connectivity index (χ0n) is 11.9. The lowest BCUT2D eigenvalue weighted by Crippen LogP contribution is -2.08. The summed E-state index contributed by atoms with van der Waals surface area (Å²) in [4.78, 5) is 11.1. The molecule has 0 fully saturated rings. The largest absolute Gasteiger partial charge is 0.481 e. The van der Waals surface area contributed by atoms with E-state index in [2.05, 4.69) is 25.1 Å². The Morgan fingerprint density at radius 3 is 2.20 bits per heavy atom. The van der Waals surface area contributed by atoms with Crippen LogP contribution in [0.5, 0.6) is 0 Å². The highest BCUT2D eigenvalue weighted by atomic mass is 16.4. The summed E-state index contributed by atoms with van der Waals surface area (Å²) in [5.41, 5.74) is 3.32. The summed E-state index contributed by atoms with van der Waals surface area (Å²) < 4.78 is 0. The van der Waals surface area contributed by atoms with Crippen molar-refractivity contribution in [2.24, 2.45) is 0 Å². The Morgan fingerprint density at radius 2 is 1.60 bits per heavy atom. The molecule has 0 radical (unpaired) electrons. The lowest BCUT2D eigenvalue weighted by Gasteiger charge is -2.18. The standard InChI is InChI=1S/C18H20O2/c1-3-17(14-8-5-4-6-9-14)16-11-7-10-15(12-16)13(2)18(19)20/h4-13,17H,3H2,1-2H3,(H,19,20)/t13-,17+/m1/s1. The highest BCUT2D eigenvalue weighted by Crippen LogP contribution is 2.29. The van der Waals surface area contributed by atoms with Crippen molar-refractivity contribution in [2.45, 2.75) is 32.1 Å².